The predicted octanol–water partition coefficient (Wildman–Crippen LogP) is 2.67. The highest BCUT2D eigenvalue weighted by molar-refractivity contribution is 6.13. The van der Waals surface area contributed by atoms with Gasteiger partial charge in [-0.15, -0.1) is 0 Å². The van der Waals surface area contributed by atoms with Crippen LogP contribution in [0.3, 0.4) is 0 Å². The zero-order chi connectivity index (χ0) is 22.6. The predicted molar refractivity (Wildman–Crippen MR) is 125 cm³/mol. The molecular weight excluding hydrogens is 404 g/mol. The van der Waals surface area contributed by atoms with Gasteiger partial charge in [-0.3, -0.25) is 9.48 Å². The molecule has 1 amide bonds. The number of imidazole rings is 1. The molecule has 5 rings (SSSR count). The van der Waals surface area contributed by atoms with E-state index >= 15 is 0 Å². The third-order valence-corrected chi connectivity index (χ3v) is 5.88. The summed E-state index contributed by atoms with van der Waals surface area (Å²) in [5, 5.41) is 12.1. The van der Waals surface area contributed by atoms with Crippen LogP contribution in [0.5, 0.6) is 0 Å². The van der Waals surface area contributed by atoms with E-state index in [4.69, 9.17) is 0 Å². The molecule has 1 aliphatic heterocycles. The second kappa shape index (κ2) is 7.59. The van der Waals surface area contributed by atoms with Gasteiger partial charge >= 0.3 is 0 Å². The summed E-state index contributed by atoms with van der Waals surface area (Å²) in [5.41, 5.74) is 4.78. The quantitative estimate of drug-likeness (QED) is 0.517. The third-order valence-electron chi connectivity index (χ3n) is 5.88. The van der Waals surface area contributed by atoms with Crippen LogP contribution in [0.25, 0.3) is 16.6 Å². The van der Waals surface area contributed by atoms with Crippen molar-refractivity contribution in [2.45, 2.75) is 39.8 Å². The Morgan fingerprint density at radius 3 is 2.59 bits per heavy atom. The molecule has 4 heterocycles. The van der Waals surface area contributed by atoms with Gasteiger partial charge in [0.05, 0.1) is 23.1 Å². The Labute approximate surface area is 186 Å². The van der Waals surface area contributed by atoms with E-state index in [1.165, 1.54) is 0 Å². The van der Waals surface area contributed by atoms with Crippen molar-refractivity contribution in [1.29, 1.82) is 0 Å². The van der Waals surface area contributed by atoms with Crippen molar-refractivity contribution in [2.75, 3.05) is 23.3 Å². The van der Waals surface area contributed by atoms with Gasteiger partial charge in [-0.25, -0.2) is 9.97 Å². The number of fused-ring (bicyclic) bond motifs is 2. The summed E-state index contributed by atoms with van der Waals surface area (Å²) in [6, 6.07) is 4.68. The normalized spacial score (nSPS) is 19.1. The minimum absolute atomic E-state index is 0.231. The molecule has 1 saturated heterocycles. The molecule has 3 aromatic heterocycles. The van der Waals surface area contributed by atoms with Gasteiger partial charge in [-0.05, 0) is 39.8 Å². The van der Waals surface area contributed by atoms with Crippen LogP contribution in [0.1, 0.15) is 35.6 Å². The van der Waals surface area contributed by atoms with Crippen LogP contribution in [0.2, 0.25) is 0 Å². The lowest BCUT2D eigenvalue weighted by molar-refractivity contribution is 0.102. The Morgan fingerprint density at radius 1 is 1.09 bits per heavy atom. The SMILES string of the molecule is Cc1cn2cc(NC(=O)c3ccc(N4C[C@H](C)N[C@@H](C)C4)c4cn(C)nc34)nc(C)c2n1. The van der Waals surface area contributed by atoms with Gasteiger partial charge in [0.25, 0.3) is 5.91 Å². The molecule has 0 unspecified atom stereocenters. The van der Waals surface area contributed by atoms with E-state index in [0.29, 0.717) is 29.0 Å². The van der Waals surface area contributed by atoms with Crippen LogP contribution < -0.4 is 15.5 Å². The standard InChI is InChI=1S/C23H28N8O/c1-13-8-30(9-14(2)24-13)19-7-6-17(21-18(19)11-29(5)28-21)23(32)27-20-12-31-10-15(3)25-22(31)16(4)26-20/h6-7,10-14,24H,8-9H2,1-5H3,(H,27,32)/t13-,14-/m0/s1. The molecule has 0 bridgehead atoms. The van der Waals surface area contributed by atoms with Crippen LogP contribution >= 0.6 is 0 Å². The van der Waals surface area contributed by atoms with Gasteiger partial charge < -0.3 is 19.9 Å². The second-order valence-electron chi connectivity index (χ2n) is 8.85. The molecule has 9 heteroatoms. The van der Waals surface area contributed by atoms with Crippen LogP contribution in [0.15, 0.2) is 30.7 Å². The second-order valence-corrected chi connectivity index (χ2v) is 8.85. The number of nitrogens with zero attached hydrogens (tertiary/aromatic N) is 6. The number of amides is 1. The number of nitrogens with one attached hydrogen (secondary N) is 2. The molecule has 1 aromatic carbocycles. The first-order valence-corrected chi connectivity index (χ1v) is 10.9. The summed E-state index contributed by atoms with van der Waals surface area (Å²) in [4.78, 5) is 24.6. The molecule has 9 nitrogen and oxygen atoms in total. The van der Waals surface area contributed by atoms with E-state index in [0.717, 1.165) is 41.2 Å². The Bertz CT molecular complexity index is 1330. The lowest BCUT2D eigenvalue weighted by Gasteiger charge is -2.38. The molecule has 166 valence electrons. The van der Waals surface area contributed by atoms with Crippen molar-refractivity contribution >= 4 is 34.0 Å². The highest BCUT2D eigenvalue weighted by Crippen LogP contribution is 2.30. The average Bonchev–Trinajstić information content (AvgIpc) is 3.28. The number of anilines is 2. The van der Waals surface area contributed by atoms with Crippen molar-refractivity contribution in [3.05, 3.63) is 47.7 Å². The fourth-order valence-corrected chi connectivity index (χ4v) is 4.71. The Hall–Kier alpha value is -3.46. The number of aromatic nitrogens is 5. The molecule has 0 radical (unpaired) electrons. The molecule has 0 spiro atoms. The fourth-order valence-electron chi connectivity index (χ4n) is 4.71. The maximum absolute atomic E-state index is 13.2. The lowest BCUT2D eigenvalue weighted by atomic mass is 10.1. The molecule has 4 aromatic rings. The van der Waals surface area contributed by atoms with Gasteiger partial charge in [0.1, 0.15) is 11.3 Å². The fraction of sp³-hybridized carbons (Fsp3) is 0.391. The highest BCUT2D eigenvalue weighted by Gasteiger charge is 2.25. The molecular formula is C23H28N8O. The van der Waals surface area contributed by atoms with Crippen molar-refractivity contribution in [1.82, 2.24) is 29.5 Å². The zero-order valence-corrected chi connectivity index (χ0v) is 19.0. The third kappa shape index (κ3) is 3.58. The van der Waals surface area contributed by atoms with Crippen LogP contribution in [0.4, 0.5) is 11.5 Å². The van der Waals surface area contributed by atoms with Crippen LogP contribution in [0, 0.1) is 13.8 Å². The first-order valence-electron chi connectivity index (χ1n) is 10.9. The highest BCUT2D eigenvalue weighted by atomic mass is 16.1. The van der Waals surface area contributed by atoms with Crippen molar-refractivity contribution in [3.63, 3.8) is 0 Å². The first-order chi connectivity index (χ1) is 15.3. The first kappa shape index (κ1) is 20.4. The number of hydrogen-bond acceptors (Lipinski definition) is 6. The smallest absolute Gasteiger partial charge is 0.259 e. The van der Waals surface area contributed by atoms with Gasteiger partial charge in [-0.2, -0.15) is 5.10 Å². The van der Waals surface area contributed by atoms with Crippen molar-refractivity contribution < 1.29 is 4.79 Å². The number of piperazine rings is 1. The number of carbonyl (C=O) groups is 1. The zero-order valence-electron chi connectivity index (χ0n) is 19.0. The Kier molecular flexibility index (Phi) is 4.85. The molecule has 0 saturated carbocycles. The number of aryl methyl sites for hydroxylation is 3. The van der Waals surface area contributed by atoms with E-state index in [9.17, 15) is 4.79 Å². The molecule has 1 aliphatic rings. The minimum Gasteiger partial charge on any atom is -0.368 e. The largest absolute Gasteiger partial charge is 0.368 e. The molecule has 1 fully saturated rings. The van der Waals surface area contributed by atoms with E-state index in [2.05, 4.69) is 44.4 Å². The van der Waals surface area contributed by atoms with E-state index < -0.39 is 0 Å². The summed E-state index contributed by atoms with van der Waals surface area (Å²) >= 11 is 0. The summed E-state index contributed by atoms with van der Waals surface area (Å²) in [5.74, 6) is 0.251. The van der Waals surface area contributed by atoms with E-state index in [1.54, 1.807) is 10.9 Å². The Morgan fingerprint density at radius 2 is 1.84 bits per heavy atom. The van der Waals surface area contributed by atoms with Crippen LogP contribution in [-0.2, 0) is 7.05 Å². The summed E-state index contributed by atoms with van der Waals surface area (Å²) in [6.07, 6.45) is 5.69. The maximum atomic E-state index is 13.2. The van der Waals surface area contributed by atoms with Gasteiger partial charge in [0, 0.05) is 55.7 Å². The average molecular weight is 433 g/mol. The van der Waals surface area contributed by atoms with Crippen molar-refractivity contribution in [3.8, 4) is 0 Å². The van der Waals surface area contributed by atoms with Gasteiger partial charge in [0.15, 0.2) is 5.65 Å². The number of hydrogen-bond donors (Lipinski definition) is 2. The maximum Gasteiger partial charge on any atom is 0.259 e. The summed E-state index contributed by atoms with van der Waals surface area (Å²) in [6.45, 7) is 10.0. The lowest BCUT2D eigenvalue weighted by Crippen LogP contribution is -2.54. The van der Waals surface area contributed by atoms with Crippen molar-refractivity contribution in [2.24, 2.45) is 7.05 Å². The van der Waals surface area contributed by atoms with Gasteiger partial charge in [0.2, 0.25) is 0 Å². The summed E-state index contributed by atoms with van der Waals surface area (Å²) < 4.78 is 3.65. The number of rotatable bonds is 3. The van der Waals surface area contributed by atoms with Gasteiger partial charge in [-0.1, -0.05) is 0 Å². The summed E-state index contributed by atoms with van der Waals surface area (Å²) in [7, 11) is 1.88. The van der Waals surface area contributed by atoms with E-state index in [-0.39, 0.29) is 5.91 Å². The van der Waals surface area contributed by atoms with Crippen LogP contribution in [-0.4, -0.2) is 55.2 Å². The molecule has 0 aliphatic carbocycles. The Balaban J connectivity index is 1.50. The molecule has 32 heavy (non-hydrogen) atoms. The minimum atomic E-state index is -0.231. The number of benzene rings is 1. The molecule has 2 atom stereocenters. The number of carbonyl (C=O) groups excluding carboxylic acids is 1. The topological polar surface area (TPSA) is 92.4 Å². The van der Waals surface area contributed by atoms with E-state index in [1.807, 2.05) is 49.8 Å². The monoisotopic (exact) mass is 432 g/mol. The molecule has 2 N–H and O–H groups in total.